The second kappa shape index (κ2) is 5.48. The highest BCUT2D eigenvalue weighted by Crippen LogP contribution is 2.32. The van der Waals surface area contributed by atoms with Gasteiger partial charge in [0.1, 0.15) is 0 Å². The Morgan fingerprint density at radius 3 is 2.44 bits per heavy atom. The van der Waals surface area contributed by atoms with Gasteiger partial charge in [-0.1, -0.05) is 6.42 Å². The molecule has 1 heterocycles. The molecule has 3 nitrogen and oxygen atoms in total. The van der Waals surface area contributed by atoms with Crippen molar-refractivity contribution in [2.24, 2.45) is 5.92 Å². The van der Waals surface area contributed by atoms with Gasteiger partial charge in [-0.25, -0.2) is 0 Å². The van der Waals surface area contributed by atoms with Gasteiger partial charge in [0.05, 0.1) is 0 Å². The lowest BCUT2D eigenvalue weighted by Gasteiger charge is -2.42. The summed E-state index contributed by atoms with van der Waals surface area (Å²) in [6.45, 7) is 3.72. The highest BCUT2D eigenvalue weighted by Gasteiger charge is 2.35. The van der Waals surface area contributed by atoms with Gasteiger partial charge in [-0.05, 0) is 59.4 Å². The van der Waals surface area contributed by atoms with Gasteiger partial charge < -0.3 is 15.1 Å². The first-order chi connectivity index (χ1) is 7.72. The third kappa shape index (κ3) is 2.58. The second-order valence-corrected chi connectivity index (χ2v) is 5.67. The summed E-state index contributed by atoms with van der Waals surface area (Å²) in [5.41, 5.74) is 0. The quantitative estimate of drug-likeness (QED) is 0.773. The molecule has 0 aromatic heterocycles. The topological polar surface area (TPSA) is 18.5 Å². The molecule has 0 aromatic rings. The van der Waals surface area contributed by atoms with Crippen molar-refractivity contribution in [1.82, 2.24) is 15.1 Å². The van der Waals surface area contributed by atoms with Crippen LogP contribution in [0, 0.1) is 5.92 Å². The van der Waals surface area contributed by atoms with Crippen molar-refractivity contribution in [3.63, 3.8) is 0 Å². The van der Waals surface area contributed by atoms with E-state index >= 15 is 0 Å². The van der Waals surface area contributed by atoms with Crippen molar-refractivity contribution in [3.05, 3.63) is 0 Å². The lowest BCUT2D eigenvalue weighted by Crippen LogP contribution is -2.55. The van der Waals surface area contributed by atoms with Crippen LogP contribution in [-0.4, -0.2) is 62.7 Å². The van der Waals surface area contributed by atoms with Gasteiger partial charge in [-0.15, -0.1) is 0 Å². The van der Waals surface area contributed by atoms with Crippen LogP contribution in [0.1, 0.15) is 25.7 Å². The standard InChI is InChI=1S/C13H27N3/c1-14-13(11-6-4-7-11)12-10-15(2)8-5-9-16(12)3/h11-14H,4-10H2,1-3H3. The molecule has 0 aromatic carbocycles. The van der Waals surface area contributed by atoms with Gasteiger partial charge in [0.15, 0.2) is 0 Å². The molecule has 1 N–H and O–H groups in total. The highest BCUT2D eigenvalue weighted by molar-refractivity contribution is 4.93. The van der Waals surface area contributed by atoms with Gasteiger partial charge in [0, 0.05) is 18.6 Å². The third-order valence-corrected chi connectivity index (χ3v) is 4.52. The molecule has 2 fully saturated rings. The minimum Gasteiger partial charge on any atom is -0.315 e. The van der Waals surface area contributed by atoms with Gasteiger partial charge >= 0.3 is 0 Å². The molecule has 3 heteroatoms. The molecule has 1 saturated carbocycles. The summed E-state index contributed by atoms with van der Waals surface area (Å²) in [6, 6.07) is 1.39. The van der Waals surface area contributed by atoms with E-state index in [4.69, 9.17) is 0 Å². The van der Waals surface area contributed by atoms with Gasteiger partial charge in [-0.3, -0.25) is 0 Å². The molecule has 16 heavy (non-hydrogen) atoms. The largest absolute Gasteiger partial charge is 0.315 e. The Morgan fingerprint density at radius 1 is 1.12 bits per heavy atom. The number of rotatable bonds is 3. The van der Waals surface area contributed by atoms with Gasteiger partial charge in [-0.2, -0.15) is 0 Å². The zero-order chi connectivity index (χ0) is 11.5. The summed E-state index contributed by atoms with van der Waals surface area (Å²) in [4.78, 5) is 5.07. The van der Waals surface area contributed by atoms with Gasteiger partial charge in [0.25, 0.3) is 0 Å². The first-order valence-electron chi connectivity index (χ1n) is 6.78. The van der Waals surface area contributed by atoms with Crippen LogP contribution in [0.3, 0.4) is 0 Å². The first-order valence-corrected chi connectivity index (χ1v) is 6.78. The zero-order valence-corrected chi connectivity index (χ0v) is 11.1. The summed E-state index contributed by atoms with van der Waals surface area (Å²) in [7, 11) is 6.70. The average molecular weight is 225 g/mol. The highest BCUT2D eigenvalue weighted by atomic mass is 15.2. The molecule has 2 rings (SSSR count). The Balaban J connectivity index is 2.01. The van der Waals surface area contributed by atoms with Crippen LogP contribution in [0.2, 0.25) is 0 Å². The Labute approximate surface area is 100 Å². The molecular formula is C13H27N3. The van der Waals surface area contributed by atoms with E-state index in [-0.39, 0.29) is 0 Å². The number of hydrogen-bond acceptors (Lipinski definition) is 3. The molecule has 94 valence electrons. The number of hydrogen-bond donors (Lipinski definition) is 1. The van der Waals surface area contributed by atoms with Crippen LogP contribution in [0.25, 0.3) is 0 Å². The molecular weight excluding hydrogens is 198 g/mol. The molecule has 1 saturated heterocycles. The maximum atomic E-state index is 3.58. The molecule has 1 aliphatic carbocycles. The van der Waals surface area contributed by atoms with Crippen LogP contribution in [0.5, 0.6) is 0 Å². The maximum absolute atomic E-state index is 3.58. The predicted molar refractivity (Wildman–Crippen MR) is 68.7 cm³/mol. The van der Waals surface area contributed by atoms with Crippen molar-refractivity contribution >= 4 is 0 Å². The van der Waals surface area contributed by atoms with Crippen LogP contribution >= 0.6 is 0 Å². The van der Waals surface area contributed by atoms with E-state index < -0.39 is 0 Å². The molecule has 0 amide bonds. The minimum atomic E-state index is 0.694. The molecule has 2 aliphatic rings. The Morgan fingerprint density at radius 2 is 1.88 bits per heavy atom. The monoisotopic (exact) mass is 225 g/mol. The lowest BCUT2D eigenvalue weighted by molar-refractivity contribution is 0.114. The van der Waals surface area contributed by atoms with Crippen molar-refractivity contribution in [3.8, 4) is 0 Å². The average Bonchev–Trinajstić information content (AvgIpc) is 2.34. The zero-order valence-electron chi connectivity index (χ0n) is 11.1. The molecule has 0 radical (unpaired) electrons. The normalized spacial score (nSPS) is 32.1. The van der Waals surface area contributed by atoms with E-state index in [1.807, 2.05) is 0 Å². The van der Waals surface area contributed by atoms with E-state index in [2.05, 4.69) is 36.3 Å². The summed E-state index contributed by atoms with van der Waals surface area (Å²) >= 11 is 0. The Hall–Kier alpha value is -0.120. The number of nitrogens with one attached hydrogen (secondary N) is 1. The Bertz CT molecular complexity index is 215. The summed E-state index contributed by atoms with van der Waals surface area (Å²) in [5, 5.41) is 3.58. The fourth-order valence-electron chi connectivity index (χ4n) is 3.23. The van der Waals surface area contributed by atoms with Crippen molar-refractivity contribution < 1.29 is 0 Å². The van der Waals surface area contributed by atoms with E-state index in [0.29, 0.717) is 12.1 Å². The Kier molecular flexibility index (Phi) is 4.22. The summed E-state index contributed by atoms with van der Waals surface area (Å²) in [5.74, 6) is 0.920. The fourth-order valence-corrected chi connectivity index (χ4v) is 3.23. The molecule has 2 unspecified atom stereocenters. The first kappa shape index (κ1) is 12.3. The summed E-state index contributed by atoms with van der Waals surface area (Å²) < 4.78 is 0. The van der Waals surface area contributed by atoms with Gasteiger partial charge in [0.2, 0.25) is 0 Å². The van der Waals surface area contributed by atoms with E-state index in [9.17, 15) is 0 Å². The van der Waals surface area contributed by atoms with Crippen molar-refractivity contribution in [2.45, 2.75) is 37.8 Å². The molecule has 1 aliphatic heterocycles. The maximum Gasteiger partial charge on any atom is 0.0375 e. The second-order valence-electron chi connectivity index (χ2n) is 5.67. The van der Waals surface area contributed by atoms with Crippen LogP contribution in [-0.2, 0) is 0 Å². The fraction of sp³-hybridized carbons (Fsp3) is 1.00. The van der Waals surface area contributed by atoms with Crippen molar-refractivity contribution in [1.29, 1.82) is 0 Å². The van der Waals surface area contributed by atoms with E-state index in [1.165, 1.54) is 45.3 Å². The predicted octanol–water partition coefficient (Wildman–Crippen LogP) is 1.01. The smallest absolute Gasteiger partial charge is 0.0375 e. The van der Waals surface area contributed by atoms with Crippen LogP contribution in [0.15, 0.2) is 0 Å². The van der Waals surface area contributed by atoms with Crippen molar-refractivity contribution in [2.75, 3.05) is 40.8 Å². The molecule has 0 spiro atoms. The van der Waals surface area contributed by atoms with Crippen LogP contribution < -0.4 is 5.32 Å². The minimum absolute atomic E-state index is 0.694. The lowest BCUT2D eigenvalue weighted by atomic mass is 9.76. The summed E-state index contributed by atoms with van der Waals surface area (Å²) in [6.07, 6.45) is 5.61. The van der Waals surface area contributed by atoms with Crippen LogP contribution in [0.4, 0.5) is 0 Å². The van der Waals surface area contributed by atoms with E-state index in [1.54, 1.807) is 0 Å². The SMILES string of the molecule is CNC(C1CCC1)C1CN(C)CCCN1C. The number of nitrogens with zero attached hydrogens (tertiary/aromatic N) is 2. The third-order valence-electron chi connectivity index (χ3n) is 4.52. The number of likely N-dealkylation sites (N-methyl/N-ethyl adjacent to an activating group) is 3. The molecule has 2 atom stereocenters. The van der Waals surface area contributed by atoms with E-state index in [0.717, 1.165) is 5.92 Å². The molecule has 0 bridgehead atoms.